The largest absolute Gasteiger partial charge is 0.506 e. The number of carbonyl (C=O) groups excluding carboxylic acids is 1. The van der Waals surface area contributed by atoms with Gasteiger partial charge in [0.05, 0.1) is 16.9 Å². The van der Waals surface area contributed by atoms with Crippen molar-refractivity contribution in [2.75, 3.05) is 11.9 Å². The number of benzene rings is 5. The van der Waals surface area contributed by atoms with Crippen LogP contribution in [0.25, 0.3) is 22.3 Å². The van der Waals surface area contributed by atoms with Crippen molar-refractivity contribution in [2.45, 2.75) is 0 Å². The first-order chi connectivity index (χ1) is 17.9. The average molecular weight is 613 g/mol. The summed E-state index contributed by atoms with van der Waals surface area (Å²) in [5.41, 5.74) is 6.22. The highest BCUT2D eigenvalue weighted by atomic mass is 79.9. The second kappa shape index (κ2) is 10.8. The Morgan fingerprint density at radius 2 is 1.24 bits per heavy atom. The third kappa shape index (κ3) is 5.24. The van der Waals surface area contributed by atoms with Gasteiger partial charge in [-0.1, -0.05) is 86.5 Å². The lowest BCUT2D eigenvalue weighted by molar-refractivity contribution is 0.104. The first-order valence-corrected chi connectivity index (χ1v) is 13.3. The van der Waals surface area contributed by atoms with Gasteiger partial charge in [-0.05, 0) is 82.9 Å². The molecule has 1 N–H and O–H groups in total. The van der Waals surface area contributed by atoms with Gasteiger partial charge in [-0.2, -0.15) is 0 Å². The third-order valence-corrected chi connectivity index (χ3v) is 7.38. The van der Waals surface area contributed by atoms with Crippen LogP contribution in [0.15, 0.2) is 124 Å². The van der Waals surface area contributed by atoms with E-state index < -0.39 is 0 Å². The van der Waals surface area contributed by atoms with Gasteiger partial charge in [-0.25, -0.2) is 0 Å². The Labute approximate surface area is 233 Å². The summed E-state index contributed by atoms with van der Waals surface area (Å²) in [5.74, 6) is 0.0494. The van der Waals surface area contributed by atoms with Gasteiger partial charge < -0.3 is 10.0 Å². The van der Waals surface area contributed by atoms with Gasteiger partial charge in [-0.15, -0.1) is 0 Å². The zero-order valence-electron chi connectivity index (χ0n) is 20.0. The molecule has 3 nitrogen and oxygen atoms in total. The van der Waals surface area contributed by atoms with Crippen LogP contribution in [0.3, 0.4) is 0 Å². The Morgan fingerprint density at radius 3 is 1.89 bits per heavy atom. The van der Waals surface area contributed by atoms with E-state index in [1.54, 1.807) is 12.1 Å². The van der Waals surface area contributed by atoms with Crippen molar-refractivity contribution >= 4 is 49.0 Å². The van der Waals surface area contributed by atoms with E-state index in [1.807, 2.05) is 109 Å². The normalized spacial score (nSPS) is 10.8. The van der Waals surface area contributed by atoms with Crippen molar-refractivity contribution < 1.29 is 9.90 Å². The summed E-state index contributed by atoms with van der Waals surface area (Å²) in [6.07, 6.45) is 0. The van der Waals surface area contributed by atoms with Crippen LogP contribution < -0.4 is 4.90 Å². The van der Waals surface area contributed by atoms with E-state index in [2.05, 4.69) is 37.9 Å². The predicted octanol–water partition coefficient (Wildman–Crippen LogP) is 9.25. The Balaban J connectivity index is 1.82. The smallest absolute Gasteiger partial charge is 0.195 e. The molecule has 5 aromatic rings. The Kier molecular flexibility index (Phi) is 7.26. The molecule has 5 aromatic carbocycles. The van der Waals surface area contributed by atoms with E-state index in [1.165, 1.54) is 0 Å². The van der Waals surface area contributed by atoms with E-state index in [4.69, 9.17) is 0 Å². The van der Waals surface area contributed by atoms with Gasteiger partial charge in [0.2, 0.25) is 0 Å². The molecular formula is C32H23Br2NO2. The second-order valence-electron chi connectivity index (χ2n) is 8.67. The molecule has 0 unspecified atom stereocenters. The molecule has 182 valence electrons. The third-order valence-electron chi connectivity index (χ3n) is 6.32. The zero-order chi connectivity index (χ0) is 25.9. The van der Waals surface area contributed by atoms with Gasteiger partial charge in [0.25, 0.3) is 0 Å². The number of halogens is 2. The molecule has 0 aliphatic carbocycles. The highest BCUT2D eigenvalue weighted by molar-refractivity contribution is 9.10. The van der Waals surface area contributed by atoms with Crippen LogP contribution in [0.1, 0.15) is 15.9 Å². The van der Waals surface area contributed by atoms with E-state index in [0.29, 0.717) is 22.5 Å². The number of anilines is 2. The predicted molar refractivity (Wildman–Crippen MR) is 159 cm³/mol. The Morgan fingerprint density at radius 1 is 0.649 bits per heavy atom. The van der Waals surface area contributed by atoms with Crippen molar-refractivity contribution in [3.05, 3.63) is 135 Å². The fourth-order valence-corrected chi connectivity index (χ4v) is 4.94. The van der Waals surface area contributed by atoms with Crippen LogP contribution in [0, 0.1) is 0 Å². The Hall–Kier alpha value is -3.67. The molecule has 0 atom stereocenters. The van der Waals surface area contributed by atoms with Crippen molar-refractivity contribution in [1.82, 2.24) is 0 Å². The molecular weight excluding hydrogens is 590 g/mol. The minimum atomic E-state index is -0.0917. The second-order valence-corrected chi connectivity index (χ2v) is 10.5. The molecule has 5 heteroatoms. The van der Waals surface area contributed by atoms with Gasteiger partial charge in [0.1, 0.15) is 5.75 Å². The van der Waals surface area contributed by atoms with Crippen molar-refractivity contribution in [3.63, 3.8) is 0 Å². The lowest BCUT2D eigenvalue weighted by Gasteiger charge is -2.26. The van der Waals surface area contributed by atoms with Crippen molar-refractivity contribution in [2.24, 2.45) is 0 Å². The molecule has 0 radical (unpaired) electrons. The molecule has 0 amide bonds. The maximum absolute atomic E-state index is 14.2. The first-order valence-electron chi connectivity index (χ1n) is 11.7. The zero-order valence-corrected chi connectivity index (χ0v) is 23.2. The highest BCUT2D eigenvalue weighted by Crippen LogP contribution is 2.42. The van der Waals surface area contributed by atoms with Crippen LogP contribution >= 0.6 is 31.9 Å². The summed E-state index contributed by atoms with van der Waals surface area (Å²) in [5, 5.41) is 10.7. The lowest BCUT2D eigenvalue weighted by Crippen LogP contribution is -2.16. The summed E-state index contributed by atoms with van der Waals surface area (Å²) in [6, 6.07) is 36.7. The molecule has 5 rings (SSSR count). The molecule has 0 aliphatic rings. The molecule has 0 aromatic heterocycles. The standard InChI is InChI=1S/C32H23Br2NO2/c1-35(28-9-5-6-10-30(28)36)29-20-24(21-11-15-25(33)16-12-21)19-27(22-7-3-2-4-8-22)31(29)32(37)23-13-17-26(34)18-14-23/h2-20,36H,1H3. The number of rotatable bonds is 6. The molecule has 0 saturated heterocycles. The number of aromatic hydroxyl groups is 1. The number of carbonyl (C=O) groups is 1. The van der Waals surface area contributed by atoms with Gasteiger partial charge in [-0.3, -0.25) is 4.79 Å². The molecule has 0 heterocycles. The van der Waals surface area contributed by atoms with Crippen LogP contribution in [0.5, 0.6) is 5.75 Å². The van der Waals surface area contributed by atoms with E-state index in [9.17, 15) is 9.90 Å². The van der Waals surface area contributed by atoms with Crippen molar-refractivity contribution in [1.29, 1.82) is 0 Å². The molecule has 0 aliphatic heterocycles. The SMILES string of the molecule is CN(c1ccccc1O)c1cc(-c2ccc(Br)cc2)cc(-c2ccccc2)c1C(=O)c1ccc(Br)cc1. The molecule has 0 saturated carbocycles. The topological polar surface area (TPSA) is 40.5 Å². The van der Waals surface area contributed by atoms with Crippen LogP contribution in [-0.4, -0.2) is 17.9 Å². The lowest BCUT2D eigenvalue weighted by atomic mass is 9.88. The van der Waals surface area contributed by atoms with Crippen LogP contribution in [0.2, 0.25) is 0 Å². The maximum Gasteiger partial charge on any atom is 0.195 e. The first kappa shape index (κ1) is 25.0. The van der Waals surface area contributed by atoms with Crippen molar-refractivity contribution in [3.8, 4) is 28.0 Å². The number of phenolic OH excluding ortho intramolecular Hbond substituents is 1. The van der Waals surface area contributed by atoms with E-state index in [0.717, 1.165) is 31.2 Å². The number of hydrogen-bond acceptors (Lipinski definition) is 3. The quantitative estimate of drug-likeness (QED) is 0.194. The summed E-state index contributed by atoms with van der Waals surface area (Å²) < 4.78 is 1.90. The number of para-hydroxylation sites is 2. The molecule has 37 heavy (non-hydrogen) atoms. The fraction of sp³-hybridized carbons (Fsp3) is 0.0312. The summed E-state index contributed by atoms with van der Waals surface area (Å²) in [6.45, 7) is 0. The maximum atomic E-state index is 14.2. The number of phenols is 1. The summed E-state index contributed by atoms with van der Waals surface area (Å²) in [4.78, 5) is 16.1. The fourth-order valence-electron chi connectivity index (χ4n) is 4.41. The van der Waals surface area contributed by atoms with E-state index >= 15 is 0 Å². The molecule has 0 bridgehead atoms. The van der Waals surface area contributed by atoms with Crippen LogP contribution in [-0.2, 0) is 0 Å². The average Bonchev–Trinajstić information content (AvgIpc) is 2.93. The molecule has 0 fully saturated rings. The van der Waals surface area contributed by atoms with E-state index in [-0.39, 0.29) is 11.5 Å². The number of ketones is 1. The highest BCUT2D eigenvalue weighted by Gasteiger charge is 2.24. The number of hydrogen-bond donors (Lipinski definition) is 1. The minimum Gasteiger partial charge on any atom is -0.506 e. The summed E-state index contributed by atoms with van der Waals surface area (Å²) in [7, 11) is 1.88. The monoisotopic (exact) mass is 611 g/mol. The van der Waals surface area contributed by atoms with Crippen LogP contribution in [0.4, 0.5) is 11.4 Å². The van der Waals surface area contributed by atoms with Gasteiger partial charge >= 0.3 is 0 Å². The molecule has 0 spiro atoms. The summed E-state index contributed by atoms with van der Waals surface area (Å²) >= 11 is 6.99. The minimum absolute atomic E-state index is 0.0917. The van der Waals surface area contributed by atoms with Gasteiger partial charge in [0, 0.05) is 21.6 Å². The number of nitrogens with zero attached hydrogens (tertiary/aromatic N) is 1. The van der Waals surface area contributed by atoms with Gasteiger partial charge in [0.15, 0.2) is 5.78 Å². The Bertz CT molecular complexity index is 1560.